The van der Waals surface area contributed by atoms with Crippen molar-refractivity contribution in [1.82, 2.24) is 9.69 Å². The Hall–Kier alpha value is -1.42. The molecule has 0 radical (unpaired) electrons. The van der Waals surface area contributed by atoms with E-state index in [4.69, 9.17) is 0 Å². The number of aromatic nitrogens is 1. The topological polar surface area (TPSA) is 42.0 Å². The first-order valence-electron chi connectivity index (χ1n) is 6.30. The van der Waals surface area contributed by atoms with Crippen LogP contribution in [0.3, 0.4) is 0 Å². The van der Waals surface area contributed by atoms with E-state index in [-0.39, 0.29) is 5.91 Å². The Balaban J connectivity index is 0.000000659. The van der Waals surface area contributed by atoms with Crippen molar-refractivity contribution in [3.63, 3.8) is 0 Å². The van der Waals surface area contributed by atoms with Crippen LogP contribution in [0, 0.1) is 6.92 Å². The number of rotatable bonds is 1. The first-order valence-corrected chi connectivity index (χ1v) is 7.13. The zero-order chi connectivity index (χ0) is 14.1. The Bertz CT molecular complexity index is 491. The quantitative estimate of drug-likeness (QED) is 0.847. The van der Waals surface area contributed by atoms with Gasteiger partial charge in [0.25, 0.3) is 5.91 Å². The van der Waals surface area contributed by atoms with Crippen LogP contribution in [-0.4, -0.2) is 17.3 Å². The molecule has 4 heteroatoms. The molecular formula is C14H22N2OS. The summed E-state index contributed by atoms with van der Waals surface area (Å²) in [6.07, 6.45) is 0. The molecule has 1 N–H and O–H groups in total. The van der Waals surface area contributed by atoms with Crippen LogP contribution in [-0.2, 0) is 0 Å². The minimum atomic E-state index is -0.0825. The van der Waals surface area contributed by atoms with Crippen molar-refractivity contribution in [2.45, 2.75) is 34.6 Å². The van der Waals surface area contributed by atoms with Gasteiger partial charge in [0.2, 0.25) is 0 Å². The Morgan fingerprint density at radius 3 is 2.39 bits per heavy atom. The maximum atomic E-state index is 11.5. The highest BCUT2D eigenvalue weighted by Gasteiger charge is 2.11. The first kappa shape index (κ1) is 16.6. The number of hydrogen-bond acceptors (Lipinski definition) is 3. The van der Waals surface area contributed by atoms with Gasteiger partial charge in [-0.15, -0.1) is 0 Å². The second-order valence-electron chi connectivity index (χ2n) is 3.09. The van der Waals surface area contributed by atoms with E-state index in [9.17, 15) is 4.79 Å². The molecule has 1 amide bonds. The first-order chi connectivity index (χ1) is 8.74. The summed E-state index contributed by atoms with van der Waals surface area (Å²) in [5, 5.41) is 5.64. The lowest BCUT2D eigenvalue weighted by atomic mass is 10.1. The van der Waals surface area contributed by atoms with E-state index in [2.05, 4.69) is 9.69 Å². The summed E-state index contributed by atoms with van der Waals surface area (Å²) in [4.78, 5) is 11.5. The summed E-state index contributed by atoms with van der Waals surface area (Å²) < 4.78 is 4.23. The monoisotopic (exact) mass is 266 g/mol. The van der Waals surface area contributed by atoms with Gasteiger partial charge in [0.05, 0.1) is 11.1 Å². The van der Waals surface area contributed by atoms with Gasteiger partial charge in [-0.05, 0) is 30.1 Å². The van der Waals surface area contributed by atoms with Crippen molar-refractivity contribution < 1.29 is 4.79 Å². The van der Waals surface area contributed by atoms with Gasteiger partial charge in [0, 0.05) is 17.8 Å². The molecule has 0 spiro atoms. The summed E-state index contributed by atoms with van der Waals surface area (Å²) in [5.74, 6) is -0.0825. The van der Waals surface area contributed by atoms with Crippen molar-refractivity contribution in [2.75, 3.05) is 7.05 Å². The predicted molar refractivity (Wildman–Crippen MR) is 80.4 cm³/mol. The second-order valence-corrected chi connectivity index (χ2v) is 3.72. The van der Waals surface area contributed by atoms with Crippen LogP contribution in [0.4, 0.5) is 0 Å². The van der Waals surface area contributed by atoms with Gasteiger partial charge in [0.15, 0.2) is 0 Å². The molecule has 0 bridgehead atoms. The third-order valence-electron chi connectivity index (χ3n) is 2.22. The number of nitrogens with zero attached hydrogens (tertiary/aromatic N) is 1. The molecule has 3 nitrogen and oxygen atoms in total. The van der Waals surface area contributed by atoms with Crippen LogP contribution in [0.2, 0.25) is 0 Å². The molecular weight excluding hydrogens is 244 g/mol. The van der Waals surface area contributed by atoms with Gasteiger partial charge < -0.3 is 5.32 Å². The third kappa shape index (κ3) is 3.53. The van der Waals surface area contributed by atoms with Gasteiger partial charge in [-0.3, -0.25) is 4.79 Å². The van der Waals surface area contributed by atoms with E-state index < -0.39 is 0 Å². The average molecular weight is 266 g/mol. The minimum absolute atomic E-state index is 0.0825. The Morgan fingerprint density at radius 1 is 1.22 bits per heavy atom. The fourth-order valence-corrected chi connectivity index (χ4v) is 2.16. The number of aryl methyl sites for hydroxylation is 1. The molecule has 0 saturated heterocycles. The highest BCUT2D eigenvalue weighted by Crippen LogP contribution is 2.22. The number of nitrogens with one attached hydrogen (secondary N) is 1. The van der Waals surface area contributed by atoms with Gasteiger partial charge >= 0.3 is 0 Å². The number of amides is 1. The fraction of sp³-hybridized carbons (Fsp3) is 0.429. The van der Waals surface area contributed by atoms with Crippen molar-refractivity contribution in [2.24, 2.45) is 0 Å². The fourth-order valence-electron chi connectivity index (χ4n) is 1.41. The molecule has 0 aliphatic rings. The molecule has 2 rings (SSSR count). The maximum Gasteiger partial charge on any atom is 0.253 e. The molecule has 18 heavy (non-hydrogen) atoms. The molecule has 0 fully saturated rings. The van der Waals surface area contributed by atoms with E-state index in [1.165, 1.54) is 11.5 Å². The van der Waals surface area contributed by atoms with E-state index in [0.717, 1.165) is 16.5 Å². The van der Waals surface area contributed by atoms with E-state index in [1.54, 1.807) is 7.05 Å². The number of carbonyl (C=O) groups excluding carboxylic acids is 1. The summed E-state index contributed by atoms with van der Waals surface area (Å²) in [5.41, 5.74) is 2.60. The standard InChI is InChI=1S/C10H10N2OS.2C2H6/c1-6-3-4-7(10(13)11-2)9-8(6)5-14-12-9;2*1-2/h3-5H,1-2H3,(H,11,13);2*1-2H3. The zero-order valence-electron chi connectivity index (χ0n) is 12.0. The molecule has 0 aliphatic heterocycles. The Morgan fingerprint density at radius 2 is 1.83 bits per heavy atom. The van der Waals surface area contributed by atoms with E-state index >= 15 is 0 Å². The lowest BCUT2D eigenvalue weighted by molar-refractivity contribution is 0.0964. The molecule has 0 aliphatic carbocycles. The smallest absolute Gasteiger partial charge is 0.253 e. The van der Waals surface area contributed by atoms with Crippen molar-refractivity contribution >= 4 is 28.3 Å². The lowest BCUT2D eigenvalue weighted by Gasteiger charge is -2.02. The second kappa shape index (κ2) is 8.64. The predicted octanol–water partition coefficient (Wildman–Crippen LogP) is 4.02. The normalized spacial score (nSPS) is 8.78. The summed E-state index contributed by atoms with van der Waals surface area (Å²) >= 11 is 1.38. The lowest BCUT2D eigenvalue weighted by Crippen LogP contribution is -2.18. The molecule has 0 unspecified atom stereocenters. The summed E-state index contributed by atoms with van der Waals surface area (Å²) in [7, 11) is 1.63. The molecule has 1 aromatic carbocycles. The van der Waals surface area contributed by atoms with E-state index in [1.807, 2.05) is 52.1 Å². The molecule has 2 aromatic rings. The highest BCUT2D eigenvalue weighted by molar-refractivity contribution is 7.04. The van der Waals surface area contributed by atoms with Gasteiger partial charge in [-0.2, -0.15) is 4.37 Å². The van der Waals surface area contributed by atoms with Crippen LogP contribution in [0.15, 0.2) is 17.5 Å². The van der Waals surface area contributed by atoms with Crippen molar-refractivity contribution in [3.05, 3.63) is 28.6 Å². The zero-order valence-corrected chi connectivity index (χ0v) is 12.8. The number of carbonyl (C=O) groups is 1. The largest absolute Gasteiger partial charge is 0.355 e. The molecule has 100 valence electrons. The van der Waals surface area contributed by atoms with Crippen molar-refractivity contribution in [1.29, 1.82) is 0 Å². The Kier molecular flexibility index (Phi) is 7.96. The van der Waals surface area contributed by atoms with Crippen LogP contribution < -0.4 is 5.32 Å². The molecule has 0 atom stereocenters. The van der Waals surface area contributed by atoms with Crippen LogP contribution in [0.5, 0.6) is 0 Å². The molecule has 1 heterocycles. The van der Waals surface area contributed by atoms with Gasteiger partial charge in [-0.1, -0.05) is 33.8 Å². The van der Waals surface area contributed by atoms with Crippen LogP contribution in [0.1, 0.15) is 43.6 Å². The maximum absolute atomic E-state index is 11.5. The summed E-state index contributed by atoms with van der Waals surface area (Å²) in [6.45, 7) is 10.0. The van der Waals surface area contributed by atoms with Crippen molar-refractivity contribution in [3.8, 4) is 0 Å². The number of benzene rings is 1. The minimum Gasteiger partial charge on any atom is -0.355 e. The molecule has 0 saturated carbocycles. The van der Waals surface area contributed by atoms with Crippen LogP contribution in [0.25, 0.3) is 10.9 Å². The SMILES string of the molecule is CC.CC.CNC(=O)c1ccc(C)c2csnc12. The van der Waals surface area contributed by atoms with E-state index in [0.29, 0.717) is 5.56 Å². The van der Waals surface area contributed by atoms with Gasteiger partial charge in [0.1, 0.15) is 0 Å². The third-order valence-corrected chi connectivity index (χ3v) is 2.85. The number of hydrogen-bond donors (Lipinski definition) is 1. The summed E-state index contributed by atoms with van der Waals surface area (Å²) in [6, 6.07) is 3.76. The average Bonchev–Trinajstić information content (AvgIpc) is 2.93. The van der Waals surface area contributed by atoms with Crippen LogP contribution >= 0.6 is 11.5 Å². The van der Waals surface area contributed by atoms with Gasteiger partial charge in [-0.25, -0.2) is 0 Å². The highest BCUT2D eigenvalue weighted by atomic mass is 32.1. The number of fused-ring (bicyclic) bond motifs is 1. The Labute approximate surface area is 113 Å². The molecule has 1 aromatic heterocycles.